The van der Waals surface area contributed by atoms with E-state index in [1.807, 2.05) is 28.1 Å². The monoisotopic (exact) mass is 307 g/mol. The van der Waals surface area contributed by atoms with Crippen molar-refractivity contribution in [1.29, 1.82) is 0 Å². The Morgan fingerprint density at radius 1 is 1.30 bits per heavy atom. The maximum Gasteiger partial charge on any atom is 0.697 e. The van der Waals surface area contributed by atoms with Crippen molar-refractivity contribution in [3.63, 3.8) is 0 Å². The SMILES string of the molecule is CC=CC(=O)OC(CC)CO[P+](=O)OCC[N+](C)(C)C. The molecule has 0 aliphatic carbocycles. The molecule has 0 aromatic rings. The molecule has 0 heterocycles. The molecule has 0 N–H and O–H groups in total. The molecular formula is C13H26NO5P+2. The first-order chi connectivity index (χ1) is 9.28. The molecule has 0 amide bonds. The van der Waals surface area contributed by atoms with E-state index in [1.54, 1.807) is 13.0 Å². The summed E-state index contributed by atoms with van der Waals surface area (Å²) in [6, 6.07) is 0. The van der Waals surface area contributed by atoms with Gasteiger partial charge in [-0.3, -0.25) is 0 Å². The van der Waals surface area contributed by atoms with Crippen molar-refractivity contribution >= 4 is 14.2 Å². The Hall–Kier alpha value is -0.810. The van der Waals surface area contributed by atoms with Gasteiger partial charge in [0.15, 0.2) is 6.61 Å². The van der Waals surface area contributed by atoms with Crippen molar-refractivity contribution in [2.75, 3.05) is 40.9 Å². The Morgan fingerprint density at radius 2 is 1.95 bits per heavy atom. The lowest BCUT2D eigenvalue weighted by molar-refractivity contribution is -0.870. The maximum atomic E-state index is 11.5. The number of hydrogen-bond donors (Lipinski definition) is 0. The van der Waals surface area contributed by atoms with Gasteiger partial charge in [0.25, 0.3) is 0 Å². The number of carbonyl (C=O) groups is 1. The molecule has 7 heteroatoms. The van der Waals surface area contributed by atoms with Gasteiger partial charge in [-0.05, 0) is 13.3 Å². The molecule has 20 heavy (non-hydrogen) atoms. The lowest BCUT2D eigenvalue weighted by Gasteiger charge is -2.21. The second-order valence-corrected chi connectivity index (χ2v) is 6.30. The van der Waals surface area contributed by atoms with Crippen LogP contribution in [-0.2, 0) is 23.1 Å². The molecule has 116 valence electrons. The fourth-order valence-electron chi connectivity index (χ4n) is 1.15. The van der Waals surface area contributed by atoms with Crippen molar-refractivity contribution in [3.8, 4) is 0 Å². The van der Waals surface area contributed by atoms with E-state index in [1.165, 1.54) is 6.08 Å². The Kier molecular flexibility index (Phi) is 9.59. The van der Waals surface area contributed by atoms with Crippen LogP contribution in [0, 0.1) is 0 Å². The summed E-state index contributed by atoms with van der Waals surface area (Å²) < 4.78 is 27.5. The van der Waals surface area contributed by atoms with Crippen LogP contribution in [0.15, 0.2) is 12.2 Å². The zero-order valence-corrected chi connectivity index (χ0v) is 13.9. The van der Waals surface area contributed by atoms with Crippen LogP contribution in [0.4, 0.5) is 0 Å². The summed E-state index contributed by atoms with van der Waals surface area (Å²) in [7, 11) is 3.88. The molecular weight excluding hydrogens is 281 g/mol. The van der Waals surface area contributed by atoms with Crippen molar-refractivity contribution in [3.05, 3.63) is 12.2 Å². The van der Waals surface area contributed by atoms with Crippen molar-refractivity contribution < 1.29 is 27.6 Å². The van der Waals surface area contributed by atoms with Crippen LogP contribution in [0.2, 0.25) is 0 Å². The standard InChI is InChI=1S/C13H26NO5P/c1-6-8-13(15)19-12(7-2)11-18-20(16)17-10-9-14(3,4)5/h6,8,12H,7,9-11H2,1-5H3/q+2. The first kappa shape index (κ1) is 19.2. The number of allylic oxidation sites excluding steroid dienone is 1. The van der Waals surface area contributed by atoms with E-state index >= 15 is 0 Å². The van der Waals surface area contributed by atoms with Gasteiger partial charge in [0.2, 0.25) is 0 Å². The molecule has 2 unspecified atom stereocenters. The highest BCUT2D eigenvalue weighted by Gasteiger charge is 2.25. The second-order valence-electron chi connectivity index (χ2n) is 5.33. The molecule has 0 spiro atoms. The number of rotatable bonds is 10. The summed E-state index contributed by atoms with van der Waals surface area (Å²) in [6.07, 6.45) is 3.11. The van der Waals surface area contributed by atoms with Gasteiger partial charge >= 0.3 is 14.2 Å². The van der Waals surface area contributed by atoms with E-state index in [4.69, 9.17) is 13.8 Å². The van der Waals surface area contributed by atoms with Crippen LogP contribution < -0.4 is 0 Å². The van der Waals surface area contributed by atoms with E-state index in [9.17, 15) is 9.36 Å². The smallest absolute Gasteiger partial charge is 0.457 e. The number of ether oxygens (including phenoxy) is 1. The minimum Gasteiger partial charge on any atom is -0.457 e. The van der Waals surface area contributed by atoms with Crippen molar-refractivity contribution in [1.82, 2.24) is 0 Å². The molecule has 0 radical (unpaired) electrons. The van der Waals surface area contributed by atoms with Crippen LogP contribution in [-0.4, -0.2) is 57.5 Å². The van der Waals surface area contributed by atoms with E-state index in [0.717, 1.165) is 11.0 Å². The highest BCUT2D eigenvalue weighted by Crippen LogP contribution is 2.24. The summed E-state index contributed by atoms with van der Waals surface area (Å²) >= 11 is 0. The van der Waals surface area contributed by atoms with Gasteiger partial charge in [-0.15, -0.1) is 9.05 Å². The van der Waals surface area contributed by atoms with Gasteiger partial charge in [-0.1, -0.05) is 13.0 Å². The van der Waals surface area contributed by atoms with Gasteiger partial charge in [0, 0.05) is 10.6 Å². The lowest BCUT2D eigenvalue weighted by Crippen LogP contribution is -2.37. The van der Waals surface area contributed by atoms with Gasteiger partial charge in [-0.25, -0.2) is 4.79 Å². The van der Waals surface area contributed by atoms with E-state index in [2.05, 4.69) is 0 Å². The van der Waals surface area contributed by atoms with Crippen LogP contribution in [0.3, 0.4) is 0 Å². The molecule has 0 aromatic carbocycles. The zero-order valence-electron chi connectivity index (χ0n) is 13.0. The molecule has 0 saturated carbocycles. The molecule has 0 rings (SSSR count). The maximum absolute atomic E-state index is 11.5. The van der Waals surface area contributed by atoms with Gasteiger partial charge in [-0.2, -0.15) is 0 Å². The summed E-state index contributed by atoms with van der Waals surface area (Å²) in [4.78, 5) is 11.3. The Bertz CT molecular complexity index is 338. The lowest BCUT2D eigenvalue weighted by atomic mass is 10.3. The van der Waals surface area contributed by atoms with Gasteiger partial charge in [0.05, 0.1) is 21.1 Å². The van der Waals surface area contributed by atoms with E-state index < -0.39 is 20.3 Å². The highest BCUT2D eigenvalue weighted by molar-refractivity contribution is 7.33. The van der Waals surface area contributed by atoms with Crippen molar-refractivity contribution in [2.24, 2.45) is 0 Å². The number of hydrogen-bond acceptors (Lipinski definition) is 5. The summed E-state index contributed by atoms with van der Waals surface area (Å²) in [5, 5.41) is 0. The zero-order chi connectivity index (χ0) is 15.6. The topological polar surface area (TPSA) is 61.8 Å². The molecule has 0 aliphatic rings. The Labute approximate surface area is 122 Å². The summed E-state index contributed by atoms with van der Waals surface area (Å²) in [6.45, 7) is 4.75. The summed E-state index contributed by atoms with van der Waals surface area (Å²) in [5.41, 5.74) is 0. The minimum absolute atomic E-state index is 0.0688. The molecule has 2 atom stereocenters. The van der Waals surface area contributed by atoms with Crippen LogP contribution in [0.5, 0.6) is 0 Å². The highest BCUT2D eigenvalue weighted by atomic mass is 31.1. The average molecular weight is 307 g/mol. The molecule has 0 aliphatic heterocycles. The van der Waals surface area contributed by atoms with Gasteiger partial charge < -0.3 is 9.22 Å². The van der Waals surface area contributed by atoms with Crippen LogP contribution in [0.1, 0.15) is 20.3 Å². The van der Waals surface area contributed by atoms with Crippen LogP contribution >= 0.6 is 8.25 Å². The van der Waals surface area contributed by atoms with E-state index in [0.29, 0.717) is 13.0 Å². The molecule has 0 aromatic heterocycles. The average Bonchev–Trinajstić information content (AvgIpc) is 2.33. The Balaban J connectivity index is 3.93. The number of carbonyl (C=O) groups excluding carboxylic acids is 1. The van der Waals surface area contributed by atoms with Crippen LogP contribution in [0.25, 0.3) is 0 Å². The fraction of sp³-hybridized carbons (Fsp3) is 0.769. The number of nitrogens with zero attached hydrogens (tertiary/aromatic N) is 1. The third-order valence-corrected chi connectivity index (χ3v) is 3.12. The quantitative estimate of drug-likeness (QED) is 0.268. The number of likely N-dealkylation sites (N-methyl/N-ethyl adjacent to an activating group) is 1. The predicted octanol–water partition coefficient (Wildman–Crippen LogP) is 2.28. The molecule has 0 fully saturated rings. The third kappa shape index (κ3) is 11.1. The largest absolute Gasteiger partial charge is 0.697 e. The first-order valence-electron chi connectivity index (χ1n) is 6.65. The second kappa shape index (κ2) is 10.00. The molecule has 0 bridgehead atoms. The Morgan fingerprint density at radius 3 is 2.45 bits per heavy atom. The van der Waals surface area contributed by atoms with E-state index in [-0.39, 0.29) is 6.61 Å². The number of quaternary nitrogens is 1. The minimum atomic E-state index is -2.17. The van der Waals surface area contributed by atoms with Crippen molar-refractivity contribution in [2.45, 2.75) is 26.4 Å². The first-order valence-corrected chi connectivity index (χ1v) is 7.75. The summed E-state index contributed by atoms with van der Waals surface area (Å²) in [5.74, 6) is -0.427. The third-order valence-electron chi connectivity index (χ3n) is 2.37. The number of esters is 1. The predicted molar refractivity (Wildman–Crippen MR) is 77.4 cm³/mol. The molecule has 0 saturated heterocycles. The van der Waals surface area contributed by atoms with Gasteiger partial charge in [0.1, 0.15) is 19.3 Å². The molecule has 6 nitrogen and oxygen atoms in total. The fourth-order valence-corrected chi connectivity index (χ4v) is 1.74. The normalized spacial score (nSPS) is 14.3.